The summed E-state index contributed by atoms with van der Waals surface area (Å²) < 4.78 is 7.19. The molecule has 2 aromatic heterocycles. The summed E-state index contributed by atoms with van der Waals surface area (Å²) in [5.74, 6) is 2.10. The van der Waals surface area contributed by atoms with Gasteiger partial charge in [0.05, 0.1) is 18.3 Å². The van der Waals surface area contributed by atoms with Gasteiger partial charge in [-0.3, -0.25) is 9.48 Å². The lowest BCUT2D eigenvalue weighted by Crippen LogP contribution is -2.38. The summed E-state index contributed by atoms with van der Waals surface area (Å²) in [6, 6.07) is 2.44. The first-order valence-corrected chi connectivity index (χ1v) is 9.05. The van der Waals surface area contributed by atoms with Gasteiger partial charge in [-0.15, -0.1) is 0 Å². The fourth-order valence-electron chi connectivity index (χ4n) is 3.80. The van der Waals surface area contributed by atoms with E-state index in [-0.39, 0.29) is 18.0 Å². The van der Waals surface area contributed by atoms with Crippen molar-refractivity contribution in [2.24, 2.45) is 7.05 Å². The van der Waals surface area contributed by atoms with Crippen LogP contribution in [0.5, 0.6) is 0 Å². The van der Waals surface area contributed by atoms with Crippen LogP contribution in [-0.4, -0.2) is 42.8 Å². The van der Waals surface area contributed by atoms with Gasteiger partial charge in [0.15, 0.2) is 5.82 Å². The zero-order valence-corrected chi connectivity index (χ0v) is 14.3. The standard InChI is InChI=1S/C17H22N6O2/c1-22-13(6-7-19-22)16-12(8-15(24)23(16)11-4-5-11)18-9-14-20-17(25-21-14)10-2-3-10/h6-7,10-12,16,18H,2-5,8-9H2,1H3/t12-,16-/m1/s1. The molecular weight excluding hydrogens is 320 g/mol. The van der Waals surface area contributed by atoms with Crippen molar-refractivity contribution in [2.45, 2.75) is 62.7 Å². The molecule has 1 saturated heterocycles. The highest BCUT2D eigenvalue weighted by molar-refractivity contribution is 5.81. The molecule has 0 radical (unpaired) electrons. The Morgan fingerprint density at radius 3 is 2.84 bits per heavy atom. The molecule has 2 aromatic rings. The Hall–Kier alpha value is -2.22. The Bertz CT molecular complexity index is 791. The molecule has 0 bridgehead atoms. The molecule has 3 fully saturated rings. The van der Waals surface area contributed by atoms with Crippen molar-refractivity contribution < 1.29 is 9.32 Å². The number of hydrogen-bond acceptors (Lipinski definition) is 6. The van der Waals surface area contributed by atoms with Crippen LogP contribution in [0, 0.1) is 0 Å². The Labute approximate surface area is 145 Å². The number of amides is 1. The maximum absolute atomic E-state index is 12.6. The summed E-state index contributed by atoms with van der Waals surface area (Å²) in [5, 5.41) is 11.8. The van der Waals surface area contributed by atoms with Gasteiger partial charge in [0.25, 0.3) is 0 Å². The monoisotopic (exact) mass is 342 g/mol. The second kappa shape index (κ2) is 5.66. The number of nitrogens with zero attached hydrogens (tertiary/aromatic N) is 5. The molecule has 1 N–H and O–H groups in total. The number of nitrogens with one attached hydrogen (secondary N) is 1. The van der Waals surface area contributed by atoms with Crippen LogP contribution in [0.15, 0.2) is 16.8 Å². The summed E-state index contributed by atoms with van der Waals surface area (Å²) >= 11 is 0. The molecule has 25 heavy (non-hydrogen) atoms. The normalized spacial score (nSPS) is 26.6. The maximum atomic E-state index is 12.6. The quantitative estimate of drug-likeness (QED) is 0.850. The summed E-state index contributed by atoms with van der Waals surface area (Å²) in [7, 11) is 1.93. The van der Waals surface area contributed by atoms with E-state index in [2.05, 4.69) is 25.5 Å². The molecular formula is C17H22N6O2. The Kier molecular flexibility index (Phi) is 3.41. The van der Waals surface area contributed by atoms with Crippen molar-refractivity contribution >= 4 is 5.91 Å². The van der Waals surface area contributed by atoms with Gasteiger partial charge in [-0.25, -0.2) is 0 Å². The summed E-state index contributed by atoms with van der Waals surface area (Å²) in [5.41, 5.74) is 1.07. The van der Waals surface area contributed by atoms with Crippen molar-refractivity contribution in [1.82, 2.24) is 30.1 Å². The second-order valence-electron chi connectivity index (χ2n) is 7.37. The first-order chi connectivity index (χ1) is 12.2. The Balaban J connectivity index is 1.34. The van der Waals surface area contributed by atoms with E-state index in [0.29, 0.717) is 30.7 Å². The van der Waals surface area contributed by atoms with E-state index in [1.807, 2.05) is 17.8 Å². The lowest BCUT2D eigenvalue weighted by atomic mass is 10.1. The molecule has 2 aliphatic carbocycles. The highest BCUT2D eigenvalue weighted by Crippen LogP contribution is 2.42. The topological polar surface area (TPSA) is 89.1 Å². The highest BCUT2D eigenvalue weighted by atomic mass is 16.5. The molecule has 5 rings (SSSR count). The van der Waals surface area contributed by atoms with Crippen LogP contribution in [0.25, 0.3) is 0 Å². The number of carbonyl (C=O) groups excluding carboxylic acids is 1. The zero-order valence-electron chi connectivity index (χ0n) is 14.3. The molecule has 0 aromatic carbocycles. The van der Waals surface area contributed by atoms with Gasteiger partial charge < -0.3 is 14.7 Å². The number of aryl methyl sites for hydroxylation is 1. The second-order valence-corrected chi connectivity index (χ2v) is 7.37. The van der Waals surface area contributed by atoms with Crippen LogP contribution < -0.4 is 5.32 Å². The van der Waals surface area contributed by atoms with Gasteiger partial charge in [0.2, 0.25) is 11.8 Å². The Morgan fingerprint density at radius 2 is 2.16 bits per heavy atom. The molecule has 8 nitrogen and oxygen atoms in total. The van der Waals surface area contributed by atoms with Crippen molar-refractivity contribution in [3.05, 3.63) is 29.7 Å². The van der Waals surface area contributed by atoms with Crippen molar-refractivity contribution in [2.75, 3.05) is 0 Å². The highest BCUT2D eigenvalue weighted by Gasteiger charge is 2.48. The van der Waals surface area contributed by atoms with Gasteiger partial charge in [0, 0.05) is 37.7 Å². The first-order valence-electron chi connectivity index (χ1n) is 9.05. The van der Waals surface area contributed by atoms with E-state index < -0.39 is 0 Å². The number of rotatable bonds is 6. The average Bonchev–Trinajstić information content (AvgIpc) is 3.51. The predicted molar refractivity (Wildman–Crippen MR) is 87.3 cm³/mol. The average molecular weight is 342 g/mol. The first kappa shape index (κ1) is 15.1. The van der Waals surface area contributed by atoms with Gasteiger partial charge in [0.1, 0.15) is 0 Å². The summed E-state index contributed by atoms with van der Waals surface area (Å²) in [4.78, 5) is 19.1. The van der Waals surface area contributed by atoms with Gasteiger partial charge in [-0.1, -0.05) is 5.16 Å². The molecule has 0 unspecified atom stereocenters. The third-order valence-corrected chi connectivity index (χ3v) is 5.40. The molecule has 0 spiro atoms. The molecule has 1 aliphatic heterocycles. The molecule has 3 heterocycles. The van der Waals surface area contributed by atoms with Crippen LogP contribution in [-0.2, 0) is 18.4 Å². The molecule has 8 heteroatoms. The number of carbonyl (C=O) groups is 1. The van der Waals surface area contributed by atoms with Crippen molar-refractivity contribution in [3.8, 4) is 0 Å². The zero-order chi connectivity index (χ0) is 17.0. The molecule has 2 atom stereocenters. The minimum atomic E-state index is 0.0160. The van der Waals surface area contributed by atoms with Crippen LogP contribution in [0.4, 0.5) is 0 Å². The van der Waals surface area contributed by atoms with E-state index in [0.717, 1.165) is 37.3 Å². The third kappa shape index (κ3) is 2.74. The minimum absolute atomic E-state index is 0.0160. The van der Waals surface area contributed by atoms with E-state index in [4.69, 9.17) is 4.52 Å². The van der Waals surface area contributed by atoms with Crippen molar-refractivity contribution in [3.63, 3.8) is 0 Å². The number of aromatic nitrogens is 4. The smallest absolute Gasteiger partial charge is 0.229 e. The van der Waals surface area contributed by atoms with E-state index in [1.165, 1.54) is 0 Å². The van der Waals surface area contributed by atoms with E-state index >= 15 is 0 Å². The lowest BCUT2D eigenvalue weighted by Gasteiger charge is -2.28. The van der Waals surface area contributed by atoms with E-state index in [9.17, 15) is 4.79 Å². The summed E-state index contributed by atoms with van der Waals surface area (Å²) in [6.45, 7) is 0.515. The van der Waals surface area contributed by atoms with Crippen LogP contribution in [0.1, 0.15) is 61.5 Å². The van der Waals surface area contributed by atoms with Crippen LogP contribution >= 0.6 is 0 Å². The molecule has 132 valence electrons. The molecule has 2 saturated carbocycles. The predicted octanol–water partition coefficient (Wildman–Crippen LogP) is 1.27. The largest absolute Gasteiger partial charge is 0.339 e. The van der Waals surface area contributed by atoms with Crippen LogP contribution in [0.2, 0.25) is 0 Å². The van der Waals surface area contributed by atoms with Gasteiger partial charge in [-0.05, 0) is 31.7 Å². The lowest BCUT2D eigenvalue weighted by molar-refractivity contribution is -0.129. The minimum Gasteiger partial charge on any atom is -0.339 e. The number of hydrogen-bond donors (Lipinski definition) is 1. The van der Waals surface area contributed by atoms with Gasteiger partial charge in [-0.2, -0.15) is 10.1 Å². The fraction of sp³-hybridized carbons (Fsp3) is 0.647. The molecule has 3 aliphatic rings. The third-order valence-electron chi connectivity index (χ3n) is 5.40. The summed E-state index contributed by atoms with van der Waals surface area (Å²) in [6.07, 6.45) is 6.78. The van der Waals surface area contributed by atoms with Crippen LogP contribution in [0.3, 0.4) is 0 Å². The van der Waals surface area contributed by atoms with E-state index in [1.54, 1.807) is 6.20 Å². The van der Waals surface area contributed by atoms with Gasteiger partial charge >= 0.3 is 0 Å². The number of likely N-dealkylation sites (tertiary alicyclic amines) is 1. The SMILES string of the molecule is Cn1nccc1[C@H]1[C@H](NCc2noc(C3CC3)n2)CC(=O)N1C1CC1. The Morgan fingerprint density at radius 1 is 1.32 bits per heavy atom. The maximum Gasteiger partial charge on any atom is 0.229 e. The molecule has 1 amide bonds. The fourth-order valence-corrected chi connectivity index (χ4v) is 3.80. The van der Waals surface area contributed by atoms with Crippen molar-refractivity contribution in [1.29, 1.82) is 0 Å².